The summed E-state index contributed by atoms with van der Waals surface area (Å²) in [5.41, 5.74) is 0. The largest absolute Gasteiger partial charge is 3.00 e. The molecule has 0 heterocycles. The summed E-state index contributed by atoms with van der Waals surface area (Å²) < 4.78 is 0. The van der Waals surface area contributed by atoms with E-state index in [1.54, 1.807) is 0 Å². The first kappa shape index (κ1) is 28.0. The van der Waals surface area contributed by atoms with Gasteiger partial charge >= 0.3 is 26.2 Å². The van der Waals surface area contributed by atoms with Gasteiger partial charge < -0.3 is 26.3 Å². The Morgan fingerprint density at radius 3 is 1.29 bits per heavy atom. The summed E-state index contributed by atoms with van der Waals surface area (Å²) >= 11 is 0. The molecule has 7 heavy (non-hydrogen) atoms. The molecule has 42 valence electrons. The maximum atomic E-state index is 8.25. The normalized spacial score (nSPS) is 3.43. The van der Waals surface area contributed by atoms with Gasteiger partial charge in [-0.1, -0.05) is 0 Å². The SMILES string of the molecule is O.O=[N+]([O-])[O-].[Bi+3].[O-2]. The van der Waals surface area contributed by atoms with Gasteiger partial charge in [0.15, 0.2) is 0 Å². The Labute approximate surface area is 58.0 Å². The van der Waals surface area contributed by atoms with Gasteiger partial charge in [0, 0.05) is 0 Å². The van der Waals surface area contributed by atoms with Crippen molar-refractivity contribution < 1.29 is 16.0 Å². The fraction of sp³-hybridized carbons (Fsp3) is 0. The Bertz CT molecular complexity index is 31.1. The van der Waals surface area contributed by atoms with Gasteiger partial charge in [-0.15, -0.1) is 0 Å². The molecule has 0 fully saturated rings. The van der Waals surface area contributed by atoms with Crippen LogP contribution in [0.3, 0.4) is 0 Å². The average Bonchev–Trinajstić information content (AvgIpc) is 0.811. The summed E-state index contributed by atoms with van der Waals surface area (Å²) in [5.74, 6) is 0. The number of rotatable bonds is 0. The molecule has 0 spiro atoms. The number of hydrogen-bond acceptors (Lipinski definition) is 3. The fourth-order valence-electron chi connectivity index (χ4n) is 0. The zero-order valence-corrected chi connectivity index (χ0v) is 6.50. The predicted molar refractivity (Wildman–Crippen MR) is 20.4 cm³/mol. The third kappa shape index (κ3) is 9900000. The van der Waals surface area contributed by atoms with Crippen LogP contribution in [0.2, 0.25) is 0 Å². The van der Waals surface area contributed by atoms with Gasteiger partial charge in [-0.3, -0.25) is 0 Å². The van der Waals surface area contributed by atoms with Crippen LogP contribution in [0.4, 0.5) is 0 Å². The van der Waals surface area contributed by atoms with E-state index >= 15 is 0 Å². The number of nitrogens with zero attached hydrogens (tertiary/aromatic N) is 1. The molecule has 7 heteroatoms. The minimum absolute atomic E-state index is 0. The molecule has 0 amide bonds. The van der Waals surface area contributed by atoms with Crippen LogP contribution in [0.5, 0.6) is 0 Å². The molecule has 0 aliphatic heterocycles. The van der Waals surface area contributed by atoms with Crippen LogP contribution < -0.4 is 0 Å². The van der Waals surface area contributed by atoms with Crippen LogP contribution in [0.25, 0.3) is 0 Å². The van der Waals surface area contributed by atoms with Crippen LogP contribution in [-0.2, 0) is 5.48 Å². The van der Waals surface area contributed by atoms with Crippen LogP contribution in [-0.4, -0.2) is 36.8 Å². The molecule has 2 radical (unpaired) electrons. The van der Waals surface area contributed by atoms with Crippen LogP contribution >= 0.6 is 0 Å². The molecule has 0 aromatic heterocycles. The molecule has 2 N–H and O–H groups in total. The molecule has 0 aromatic carbocycles. The molecular formula is H2BiNO5. The molecule has 0 aliphatic carbocycles. The molecule has 0 saturated heterocycles. The molecule has 0 aromatic rings. The first-order valence-electron chi connectivity index (χ1n) is 0.548. The van der Waals surface area contributed by atoms with Crippen molar-refractivity contribution in [3.63, 3.8) is 0 Å². The van der Waals surface area contributed by atoms with Gasteiger partial charge in [0.1, 0.15) is 0 Å². The zero-order chi connectivity index (χ0) is 3.58. The third-order valence-corrected chi connectivity index (χ3v) is 0. The predicted octanol–water partition coefficient (Wildman–Crippen LogP) is -1.56. The molecule has 0 bridgehead atoms. The molecule has 0 rings (SSSR count). The second-order valence-corrected chi connectivity index (χ2v) is 0.224. The maximum Gasteiger partial charge on any atom is 3.00 e. The summed E-state index contributed by atoms with van der Waals surface area (Å²) in [6.07, 6.45) is 0. The van der Waals surface area contributed by atoms with E-state index in [2.05, 4.69) is 0 Å². The molecule has 0 saturated carbocycles. The van der Waals surface area contributed by atoms with E-state index in [0.29, 0.717) is 0 Å². The van der Waals surface area contributed by atoms with E-state index in [-0.39, 0.29) is 37.2 Å². The Morgan fingerprint density at radius 2 is 1.29 bits per heavy atom. The Balaban J connectivity index is -0.0000000150. The molecule has 6 nitrogen and oxygen atoms in total. The average molecular weight is 305 g/mol. The van der Waals surface area contributed by atoms with Crippen molar-refractivity contribution in [2.75, 3.05) is 0 Å². The fourth-order valence-corrected chi connectivity index (χ4v) is 0. The van der Waals surface area contributed by atoms with Gasteiger partial charge in [-0.25, -0.2) is 0 Å². The molecule has 0 aliphatic rings. The summed E-state index contributed by atoms with van der Waals surface area (Å²) in [4.78, 5) is 8.25. The smallest absolute Gasteiger partial charge is 2.00 e. The monoisotopic (exact) mass is 305 g/mol. The van der Waals surface area contributed by atoms with Crippen molar-refractivity contribution in [3.8, 4) is 0 Å². The number of hydrogen-bond donors (Lipinski definition) is 0. The van der Waals surface area contributed by atoms with Crippen molar-refractivity contribution in [2.45, 2.75) is 0 Å². The standard InChI is InChI=1S/Bi.NO3.H2O.O/c;2-1(3)4;;/h;;1H2;/q+3;-1;;-2. The topological polar surface area (TPSA) is 126 Å². The van der Waals surface area contributed by atoms with E-state index < -0.39 is 5.09 Å². The van der Waals surface area contributed by atoms with E-state index in [1.165, 1.54) is 0 Å². The third-order valence-electron chi connectivity index (χ3n) is 0. The van der Waals surface area contributed by atoms with Crippen molar-refractivity contribution in [3.05, 3.63) is 15.3 Å². The summed E-state index contributed by atoms with van der Waals surface area (Å²) in [6, 6.07) is 0. The molecule has 0 unspecified atom stereocenters. The van der Waals surface area contributed by atoms with Crippen LogP contribution in [0.15, 0.2) is 0 Å². The van der Waals surface area contributed by atoms with Gasteiger partial charge in [-0.05, 0) is 0 Å². The quantitative estimate of drug-likeness (QED) is 0.305. The van der Waals surface area contributed by atoms with Gasteiger partial charge in [-0.2, -0.15) is 0 Å². The van der Waals surface area contributed by atoms with Gasteiger partial charge in [0.25, 0.3) is 0 Å². The van der Waals surface area contributed by atoms with Gasteiger partial charge in [0.2, 0.25) is 0 Å². The van der Waals surface area contributed by atoms with E-state index in [4.69, 9.17) is 15.3 Å². The summed E-state index contributed by atoms with van der Waals surface area (Å²) in [6.45, 7) is 0. The van der Waals surface area contributed by atoms with E-state index in [0.717, 1.165) is 0 Å². The van der Waals surface area contributed by atoms with Crippen molar-refractivity contribution in [2.24, 2.45) is 0 Å². The molecular weight excluding hydrogens is 303 g/mol. The summed E-state index contributed by atoms with van der Waals surface area (Å²) in [7, 11) is 0. The van der Waals surface area contributed by atoms with Crippen molar-refractivity contribution >= 4 is 26.2 Å². The second kappa shape index (κ2) is 16.7. The Kier molecular flexibility index (Phi) is 66.6. The zero-order valence-electron chi connectivity index (χ0n) is 3.03. The van der Waals surface area contributed by atoms with Crippen molar-refractivity contribution in [1.29, 1.82) is 0 Å². The first-order chi connectivity index (χ1) is 1.73. The summed E-state index contributed by atoms with van der Waals surface area (Å²) in [5, 5.41) is 14.8. The second-order valence-electron chi connectivity index (χ2n) is 0.224. The van der Waals surface area contributed by atoms with Crippen molar-refractivity contribution in [1.82, 2.24) is 0 Å². The van der Waals surface area contributed by atoms with E-state index in [9.17, 15) is 0 Å². The van der Waals surface area contributed by atoms with Crippen LogP contribution in [0, 0.1) is 15.3 Å². The maximum absolute atomic E-state index is 8.25. The Hall–Kier alpha value is 0.00312. The van der Waals surface area contributed by atoms with E-state index in [1.807, 2.05) is 0 Å². The minimum Gasteiger partial charge on any atom is -2.00 e. The van der Waals surface area contributed by atoms with Gasteiger partial charge in [0.05, 0.1) is 5.09 Å². The van der Waals surface area contributed by atoms with Crippen LogP contribution in [0.1, 0.15) is 0 Å². The first-order valence-corrected chi connectivity index (χ1v) is 0.548. The minimum atomic E-state index is -1.75. The Morgan fingerprint density at radius 1 is 1.29 bits per heavy atom. The molecule has 0 atom stereocenters.